The van der Waals surface area contributed by atoms with Crippen molar-refractivity contribution in [3.05, 3.63) is 0 Å². The van der Waals surface area contributed by atoms with Gasteiger partial charge in [-0.2, -0.15) is 0 Å². The summed E-state index contributed by atoms with van der Waals surface area (Å²) in [4.78, 5) is 24.9. The third-order valence-corrected chi connectivity index (χ3v) is 3.93. The Balaban J connectivity index is 1.87. The number of nitrogens with zero attached hydrogens (tertiary/aromatic N) is 1. The summed E-state index contributed by atoms with van der Waals surface area (Å²) >= 11 is 0. The van der Waals surface area contributed by atoms with Crippen LogP contribution in [0.3, 0.4) is 0 Å². The van der Waals surface area contributed by atoms with Crippen LogP contribution in [0.2, 0.25) is 0 Å². The number of likely N-dealkylation sites (tertiary alicyclic amines) is 1. The van der Waals surface area contributed by atoms with E-state index in [0.29, 0.717) is 6.54 Å². The van der Waals surface area contributed by atoms with E-state index in [0.717, 1.165) is 45.1 Å². The zero-order chi connectivity index (χ0) is 13.0. The van der Waals surface area contributed by atoms with Crippen LogP contribution in [0.15, 0.2) is 0 Å². The molecule has 18 heavy (non-hydrogen) atoms. The zero-order valence-electron chi connectivity index (χ0n) is 10.8. The number of nitrogens with two attached hydrogens (primary N) is 1. The lowest BCUT2D eigenvalue weighted by Gasteiger charge is -2.35. The van der Waals surface area contributed by atoms with Crippen LogP contribution in [0, 0.1) is 5.92 Å². The number of carbonyl (C=O) groups excluding carboxylic acids is 2. The molecule has 2 rings (SSSR count). The van der Waals surface area contributed by atoms with Crippen LogP contribution in [0.4, 0.5) is 4.79 Å². The van der Waals surface area contributed by atoms with Crippen LogP contribution in [0.5, 0.6) is 0 Å². The van der Waals surface area contributed by atoms with Crippen molar-refractivity contribution < 1.29 is 14.3 Å². The molecule has 5 nitrogen and oxygen atoms in total. The van der Waals surface area contributed by atoms with E-state index in [1.54, 1.807) is 0 Å². The van der Waals surface area contributed by atoms with Crippen molar-refractivity contribution in [2.24, 2.45) is 11.7 Å². The molecule has 2 amide bonds. The molecular formula is C13H22N2O3. The van der Waals surface area contributed by atoms with Gasteiger partial charge in [-0.1, -0.05) is 19.3 Å². The van der Waals surface area contributed by atoms with Crippen LogP contribution in [-0.4, -0.2) is 36.1 Å². The van der Waals surface area contributed by atoms with Gasteiger partial charge < -0.3 is 15.4 Å². The van der Waals surface area contributed by atoms with E-state index in [-0.39, 0.29) is 17.9 Å². The number of rotatable bonds is 2. The molecule has 1 aliphatic heterocycles. The molecule has 0 radical (unpaired) electrons. The SMILES string of the molecule is NC(=O)O[C@@H]1CCCN(C(=O)C2CCCCC2)C1. The highest BCUT2D eigenvalue weighted by Crippen LogP contribution is 2.26. The van der Waals surface area contributed by atoms with E-state index in [9.17, 15) is 9.59 Å². The Hall–Kier alpha value is -1.26. The van der Waals surface area contributed by atoms with E-state index >= 15 is 0 Å². The molecule has 0 spiro atoms. The molecule has 1 saturated heterocycles. The molecule has 1 atom stereocenters. The van der Waals surface area contributed by atoms with E-state index in [4.69, 9.17) is 10.5 Å². The fraction of sp³-hybridized carbons (Fsp3) is 0.846. The first-order valence-corrected chi connectivity index (χ1v) is 6.91. The molecule has 1 saturated carbocycles. The summed E-state index contributed by atoms with van der Waals surface area (Å²) < 4.78 is 5.00. The third-order valence-electron chi connectivity index (χ3n) is 3.93. The lowest BCUT2D eigenvalue weighted by molar-refractivity contribution is -0.139. The van der Waals surface area contributed by atoms with Crippen LogP contribution in [0.1, 0.15) is 44.9 Å². The first kappa shape index (κ1) is 13.2. The van der Waals surface area contributed by atoms with Gasteiger partial charge >= 0.3 is 6.09 Å². The van der Waals surface area contributed by atoms with E-state index in [1.165, 1.54) is 6.42 Å². The molecule has 0 unspecified atom stereocenters. The van der Waals surface area contributed by atoms with Gasteiger partial charge in [0, 0.05) is 12.5 Å². The predicted molar refractivity (Wildman–Crippen MR) is 66.8 cm³/mol. The van der Waals surface area contributed by atoms with Gasteiger partial charge in [0.25, 0.3) is 0 Å². The monoisotopic (exact) mass is 254 g/mol. The van der Waals surface area contributed by atoms with Crippen molar-refractivity contribution in [2.75, 3.05) is 13.1 Å². The number of ether oxygens (including phenoxy) is 1. The zero-order valence-corrected chi connectivity index (χ0v) is 10.8. The van der Waals surface area contributed by atoms with Gasteiger partial charge in [-0.3, -0.25) is 4.79 Å². The average Bonchev–Trinajstić information content (AvgIpc) is 2.38. The highest BCUT2D eigenvalue weighted by atomic mass is 16.6. The maximum absolute atomic E-state index is 12.3. The second-order valence-corrected chi connectivity index (χ2v) is 5.32. The number of piperidine rings is 1. The summed E-state index contributed by atoms with van der Waals surface area (Å²) in [6.07, 6.45) is 6.31. The summed E-state index contributed by atoms with van der Waals surface area (Å²) in [7, 11) is 0. The van der Waals surface area contributed by atoms with Crippen molar-refractivity contribution in [3.63, 3.8) is 0 Å². The summed E-state index contributed by atoms with van der Waals surface area (Å²) in [5.41, 5.74) is 5.02. The number of amides is 2. The molecule has 1 aliphatic carbocycles. The van der Waals surface area contributed by atoms with Gasteiger partial charge in [-0.05, 0) is 25.7 Å². The quantitative estimate of drug-likeness (QED) is 0.814. The van der Waals surface area contributed by atoms with Gasteiger partial charge in [0.1, 0.15) is 6.10 Å². The number of carbonyl (C=O) groups is 2. The van der Waals surface area contributed by atoms with E-state index < -0.39 is 6.09 Å². The topological polar surface area (TPSA) is 72.6 Å². The Labute approximate surface area is 108 Å². The molecule has 0 bridgehead atoms. The maximum atomic E-state index is 12.3. The summed E-state index contributed by atoms with van der Waals surface area (Å²) in [5, 5.41) is 0. The lowest BCUT2D eigenvalue weighted by Crippen LogP contribution is -2.46. The molecule has 5 heteroatoms. The largest absolute Gasteiger partial charge is 0.445 e. The molecule has 0 aromatic heterocycles. The first-order valence-electron chi connectivity index (χ1n) is 6.91. The Morgan fingerprint density at radius 3 is 2.44 bits per heavy atom. The number of hydrogen-bond acceptors (Lipinski definition) is 3. The lowest BCUT2D eigenvalue weighted by atomic mass is 9.88. The normalized spacial score (nSPS) is 25.8. The molecule has 1 heterocycles. The van der Waals surface area contributed by atoms with Gasteiger partial charge in [0.15, 0.2) is 0 Å². The van der Waals surface area contributed by atoms with Crippen molar-refractivity contribution in [2.45, 2.75) is 51.0 Å². The van der Waals surface area contributed by atoms with E-state index in [1.807, 2.05) is 4.90 Å². The molecule has 0 aromatic rings. The van der Waals surface area contributed by atoms with Crippen LogP contribution in [0.25, 0.3) is 0 Å². The van der Waals surface area contributed by atoms with E-state index in [2.05, 4.69) is 0 Å². The minimum Gasteiger partial charge on any atom is -0.445 e. The van der Waals surface area contributed by atoms with Crippen LogP contribution in [-0.2, 0) is 9.53 Å². The molecule has 2 aliphatic rings. The fourth-order valence-corrected chi connectivity index (χ4v) is 3.01. The Morgan fingerprint density at radius 2 is 1.78 bits per heavy atom. The minimum atomic E-state index is -0.744. The second kappa shape index (κ2) is 6.07. The standard InChI is InChI=1S/C13H22N2O3/c14-13(17)18-11-7-4-8-15(9-11)12(16)10-5-2-1-3-6-10/h10-11H,1-9H2,(H2,14,17)/t11-/m1/s1. The van der Waals surface area contributed by atoms with Crippen LogP contribution >= 0.6 is 0 Å². The fourth-order valence-electron chi connectivity index (χ4n) is 3.01. The Bertz CT molecular complexity index is 313. The Kier molecular flexibility index (Phi) is 4.44. The van der Waals surface area contributed by atoms with Crippen molar-refractivity contribution in [1.29, 1.82) is 0 Å². The molecule has 0 aromatic carbocycles. The average molecular weight is 254 g/mol. The number of primary amides is 1. The van der Waals surface area contributed by atoms with Gasteiger partial charge in [-0.25, -0.2) is 4.79 Å². The highest BCUT2D eigenvalue weighted by molar-refractivity contribution is 5.79. The smallest absolute Gasteiger partial charge is 0.404 e. The van der Waals surface area contributed by atoms with Crippen molar-refractivity contribution in [1.82, 2.24) is 4.90 Å². The number of hydrogen-bond donors (Lipinski definition) is 1. The van der Waals surface area contributed by atoms with Gasteiger partial charge in [0.2, 0.25) is 5.91 Å². The molecule has 2 fully saturated rings. The molecular weight excluding hydrogens is 232 g/mol. The summed E-state index contributed by atoms with van der Waals surface area (Å²) in [5.74, 6) is 0.429. The van der Waals surface area contributed by atoms with Crippen molar-refractivity contribution >= 4 is 12.0 Å². The summed E-state index contributed by atoms with van der Waals surface area (Å²) in [6.45, 7) is 1.30. The molecule has 2 N–H and O–H groups in total. The van der Waals surface area contributed by atoms with Gasteiger partial charge in [-0.15, -0.1) is 0 Å². The maximum Gasteiger partial charge on any atom is 0.404 e. The predicted octanol–water partition coefficient (Wildman–Crippen LogP) is 1.65. The second-order valence-electron chi connectivity index (χ2n) is 5.32. The van der Waals surface area contributed by atoms with Crippen molar-refractivity contribution in [3.8, 4) is 0 Å². The first-order chi connectivity index (χ1) is 8.66. The molecule has 102 valence electrons. The van der Waals surface area contributed by atoms with Gasteiger partial charge in [0.05, 0.1) is 6.54 Å². The van der Waals surface area contributed by atoms with Crippen LogP contribution < -0.4 is 5.73 Å². The summed E-state index contributed by atoms with van der Waals surface area (Å²) in [6, 6.07) is 0. The minimum absolute atomic E-state index is 0.186. The third kappa shape index (κ3) is 3.37. The Morgan fingerprint density at radius 1 is 1.06 bits per heavy atom. The highest BCUT2D eigenvalue weighted by Gasteiger charge is 2.30.